The molecule has 1 atom stereocenters. The number of rotatable bonds is 6. The van der Waals surface area contributed by atoms with Gasteiger partial charge in [-0.2, -0.15) is 0 Å². The molecule has 2 aromatic rings. The summed E-state index contributed by atoms with van der Waals surface area (Å²) < 4.78 is 5.79. The first kappa shape index (κ1) is 20.9. The molecule has 0 saturated carbocycles. The van der Waals surface area contributed by atoms with E-state index < -0.39 is 0 Å². The van der Waals surface area contributed by atoms with Crippen LogP contribution in [0.25, 0.3) is 0 Å². The number of hydrogen-bond donors (Lipinski definition) is 1. The van der Waals surface area contributed by atoms with E-state index >= 15 is 0 Å². The molecule has 1 fully saturated rings. The summed E-state index contributed by atoms with van der Waals surface area (Å²) >= 11 is 0. The van der Waals surface area contributed by atoms with Gasteiger partial charge in [-0.25, -0.2) is 0 Å². The molecule has 1 unspecified atom stereocenters. The SMILES string of the molecule is CCC(C)Oc1cccc(C(=O)Nc2ccc(C(=O)N3CCC(C)CC3)cc2)c1. The van der Waals surface area contributed by atoms with Crippen LogP contribution in [0.2, 0.25) is 0 Å². The maximum absolute atomic E-state index is 12.6. The van der Waals surface area contributed by atoms with E-state index in [0.717, 1.165) is 32.4 Å². The number of nitrogens with one attached hydrogen (secondary N) is 1. The van der Waals surface area contributed by atoms with Crippen LogP contribution in [0.15, 0.2) is 48.5 Å². The molecule has 2 aromatic carbocycles. The zero-order valence-electron chi connectivity index (χ0n) is 17.5. The van der Waals surface area contributed by atoms with Gasteiger partial charge in [-0.1, -0.05) is 19.9 Å². The second-order valence-electron chi connectivity index (χ2n) is 7.87. The van der Waals surface area contributed by atoms with E-state index in [1.807, 2.05) is 24.0 Å². The van der Waals surface area contributed by atoms with Gasteiger partial charge in [-0.05, 0) is 74.6 Å². The summed E-state index contributed by atoms with van der Waals surface area (Å²) in [5.41, 5.74) is 1.85. The van der Waals surface area contributed by atoms with Gasteiger partial charge in [0.2, 0.25) is 0 Å². The van der Waals surface area contributed by atoms with E-state index in [9.17, 15) is 9.59 Å². The minimum atomic E-state index is -0.205. The van der Waals surface area contributed by atoms with Crippen LogP contribution in [-0.4, -0.2) is 35.9 Å². The molecule has 0 bridgehead atoms. The van der Waals surface area contributed by atoms with Gasteiger partial charge in [0.25, 0.3) is 11.8 Å². The summed E-state index contributed by atoms with van der Waals surface area (Å²) in [4.78, 5) is 27.1. The Hall–Kier alpha value is -2.82. The number of carbonyl (C=O) groups is 2. The zero-order valence-corrected chi connectivity index (χ0v) is 17.5. The van der Waals surface area contributed by atoms with Crippen molar-refractivity contribution in [3.63, 3.8) is 0 Å². The second kappa shape index (κ2) is 9.59. The molecule has 5 heteroatoms. The fraction of sp³-hybridized carbons (Fsp3) is 0.417. The predicted octanol–water partition coefficient (Wildman–Crippen LogP) is 4.99. The topological polar surface area (TPSA) is 58.6 Å². The van der Waals surface area contributed by atoms with Crippen molar-refractivity contribution >= 4 is 17.5 Å². The van der Waals surface area contributed by atoms with Crippen molar-refractivity contribution in [2.45, 2.75) is 46.1 Å². The molecule has 3 rings (SSSR count). The average Bonchev–Trinajstić information content (AvgIpc) is 2.74. The number of ether oxygens (including phenoxy) is 1. The summed E-state index contributed by atoms with van der Waals surface area (Å²) in [5, 5.41) is 2.88. The minimum absolute atomic E-state index is 0.0599. The highest BCUT2D eigenvalue weighted by molar-refractivity contribution is 6.04. The molecule has 0 aromatic heterocycles. The highest BCUT2D eigenvalue weighted by Crippen LogP contribution is 2.20. The van der Waals surface area contributed by atoms with Crippen molar-refractivity contribution in [3.8, 4) is 5.75 Å². The number of piperidine rings is 1. The van der Waals surface area contributed by atoms with Gasteiger partial charge >= 0.3 is 0 Å². The van der Waals surface area contributed by atoms with Crippen molar-refractivity contribution in [1.82, 2.24) is 4.90 Å². The Morgan fingerprint density at radius 1 is 1.10 bits per heavy atom. The summed E-state index contributed by atoms with van der Waals surface area (Å²) in [6, 6.07) is 14.3. The normalized spacial score (nSPS) is 15.6. The van der Waals surface area contributed by atoms with Crippen molar-refractivity contribution in [1.29, 1.82) is 0 Å². The van der Waals surface area contributed by atoms with E-state index in [0.29, 0.717) is 28.5 Å². The predicted molar refractivity (Wildman–Crippen MR) is 116 cm³/mol. The first-order chi connectivity index (χ1) is 14.0. The molecule has 2 amide bonds. The van der Waals surface area contributed by atoms with Crippen LogP contribution < -0.4 is 10.1 Å². The fourth-order valence-electron chi connectivity index (χ4n) is 3.32. The standard InChI is InChI=1S/C24H30N2O3/c1-4-18(3)29-22-7-5-6-20(16-22)23(27)25-21-10-8-19(9-11-21)24(28)26-14-12-17(2)13-15-26/h5-11,16-18H,4,12-15H2,1-3H3,(H,25,27). The number of anilines is 1. The molecule has 1 N–H and O–H groups in total. The average molecular weight is 395 g/mol. The maximum atomic E-state index is 12.6. The molecule has 0 radical (unpaired) electrons. The maximum Gasteiger partial charge on any atom is 0.255 e. The van der Waals surface area contributed by atoms with Crippen molar-refractivity contribution in [3.05, 3.63) is 59.7 Å². The first-order valence-electron chi connectivity index (χ1n) is 10.4. The van der Waals surface area contributed by atoms with Crippen LogP contribution in [0, 0.1) is 5.92 Å². The monoisotopic (exact) mass is 394 g/mol. The lowest BCUT2D eigenvalue weighted by atomic mass is 9.98. The lowest BCUT2D eigenvalue weighted by Gasteiger charge is -2.30. The molecule has 1 saturated heterocycles. The molecule has 0 spiro atoms. The highest BCUT2D eigenvalue weighted by Gasteiger charge is 2.21. The molecule has 0 aliphatic carbocycles. The second-order valence-corrected chi connectivity index (χ2v) is 7.87. The first-order valence-corrected chi connectivity index (χ1v) is 10.4. The Bertz CT molecular complexity index is 839. The van der Waals surface area contributed by atoms with Crippen molar-refractivity contribution in [2.75, 3.05) is 18.4 Å². The van der Waals surface area contributed by atoms with E-state index in [-0.39, 0.29) is 17.9 Å². The van der Waals surface area contributed by atoms with Crippen LogP contribution >= 0.6 is 0 Å². The third-order valence-electron chi connectivity index (χ3n) is 5.47. The lowest BCUT2D eigenvalue weighted by Crippen LogP contribution is -2.37. The third-order valence-corrected chi connectivity index (χ3v) is 5.47. The van der Waals surface area contributed by atoms with Gasteiger partial charge in [0.1, 0.15) is 5.75 Å². The van der Waals surface area contributed by atoms with Gasteiger partial charge in [0.05, 0.1) is 6.10 Å². The molecule has 1 aliphatic heterocycles. The van der Waals surface area contributed by atoms with Crippen molar-refractivity contribution in [2.24, 2.45) is 5.92 Å². The molecule has 154 valence electrons. The highest BCUT2D eigenvalue weighted by atomic mass is 16.5. The van der Waals surface area contributed by atoms with Crippen molar-refractivity contribution < 1.29 is 14.3 Å². The number of likely N-dealkylation sites (tertiary alicyclic amines) is 1. The molecule has 5 nitrogen and oxygen atoms in total. The quantitative estimate of drug-likeness (QED) is 0.751. The van der Waals surface area contributed by atoms with E-state index in [2.05, 4.69) is 19.2 Å². The Kier molecular flexibility index (Phi) is 6.91. The Labute approximate surface area is 173 Å². The van der Waals surface area contributed by atoms with Crippen LogP contribution in [0.1, 0.15) is 60.7 Å². The number of nitrogens with zero attached hydrogens (tertiary/aromatic N) is 1. The van der Waals surface area contributed by atoms with E-state index in [1.165, 1.54) is 0 Å². The lowest BCUT2D eigenvalue weighted by molar-refractivity contribution is 0.0697. The Morgan fingerprint density at radius 2 is 1.79 bits per heavy atom. The third kappa shape index (κ3) is 5.59. The Morgan fingerprint density at radius 3 is 2.45 bits per heavy atom. The molecular formula is C24H30N2O3. The van der Waals surface area contributed by atoms with Gasteiger partial charge in [-0.3, -0.25) is 9.59 Å². The van der Waals surface area contributed by atoms with E-state index in [4.69, 9.17) is 4.74 Å². The summed E-state index contributed by atoms with van der Waals surface area (Å²) in [5.74, 6) is 1.22. The molecule has 1 heterocycles. The number of hydrogen-bond acceptors (Lipinski definition) is 3. The number of amides is 2. The van der Waals surface area contributed by atoms with Gasteiger partial charge in [-0.15, -0.1) is 0 Å². The zero-order chi connectivity index (χ0) is 20.8. The summed E-state index contributed by atoms with van der Waals surface area (Å²) in [7, 11) is 0. The van der Waals surface area contributed by atoms with Gasteiger partial charge in [0, 0.05) is 29.9 Å². The molecular weight excluding hydrogens is 364 g/mol. The Balaban J connectivity index is 1.61. The van der Waals surface area contributed by atoms with E-state index in [1.54, 1.807) is 36.4 Å². The number of carbonyl (C=O) groups excluding carboxylic acids is 2. The number of benzene rings is 2. The van der Waals surface area contributed by atoms with Crippen LogP contribution in [-0.2, 0) is 0 Å². The van der Waals surface area contributed by atoms with Crippen LogP contribution in [0.5, 0.6) is 5.75 Å². The summed E-state index contributed by atoms with van der Waals surface area (Å²) in [6.45, 7) is 7.91. The minimum Gasteiger partial charge on any atom is -0.491 e. The van der Waals surface area contributed by atoms with Gasteiger partial charge < -0.3 is 15.0 Å². The molecule has 1 aliphatic rings. The fourth-order valence-corrected chi connectivity index (χ4v) is 3.32. The summed E-state index contributed by atoms with van der Waals surface area (Å²) in [6.07, 6.45) is 3.11. The van der Waals surface area contributed by atoms with Gasteiger partial charge in [0.15, 0.2) is 0 Å². The van der Waals surface area contributed by atoms with Crippen LogP contribution in [0.4, 0.5) is 5.69 Å². The largest absolute Gasteiger partial charge is 0.491 e. The molecule has 29 heavy (non-hydrogen) atoms. The smallest absolute Gasteiger partial charge is 0.255 e. The van der Waals surface area contributed by atoms with Crippen LogP contribution in [0.3, 0.4) is 0 Å².